The van der Waals surface area contributed by atoms with Gasteiger partial charge in [-0.15, -0.1) is 0 Å². The molecule has 0 atom stereocenters. The molecule has 2 aromatic carbocycles. The van der Waals surface area contributed by atoms with Crippen LogP contribution in [-0.2, 0) is 22.6 Å². The molecule has 166 valence electrons. The smallest absolute Gasteiger partial charge is 0.230 e. The normalized spacial score (nSPS) is 14.1. The summed E-state index contributed by atoms with van der Waals surface area (Å²) in [6, 6.07) is 16.2. The van der Waals surface area contributed by atoms with Crippen LogP contribution in [0.15, 0.2) is 48.5 Å². The van der Waals surface area contributed by atoms with Crippen LogP contribution in [0.1, 0.15) is 42.4 Å². The van der Waals surface area contributed by atoms with Gasteiger partial charge in [0.25, 0.3) is 0 Å². The van der Waals surface area contributed by atoms with Gasteiger partial charge in [0.05, 0.1) is 13.0 Å². The van der Waals surface area contributed by atoms with Crippen molar-refractivity contribution in [3.63, 3.8) is 0 Å². The fourth-order valence-corrected chi connectivity index (χ4v) is 4.14. The molecule has 2 amide bonds. The lowest BCUT2D eigenvalue weighted by Crippen LogP contribution is -2.35. The summed E-state index contributed by atoms with van der Waals surface area (Å²) in [4.78, 5) is 29.5. The van der Waals surface area contributed by atoms with Gasteiger partial charge < -0.3 is 15.1 Å². The molecule has 1 saturated carbocycles. The number of nitrogens with zero attached hydrogens (tertiary/aromatic N) is 2. The second-order valence-electron chi connectivity index (χ2n) is 8.89. The number of nitrogens with one attached hydrogen (secondary N) is 1. The minimum Gasteiger partial charge on any atom is -0.355 e. The largest absolute Gasteiger partial charge is 0.355 e. The number of hydrogen-bond acceptors (Lipinski definition) is 3. The fraction of sp³-hybridized carbons (Fsp3) is 0.462. The van der Waals surface area contributed by atoms with Crippen LogP contribution in [0.4, 0.5) is 5.69 Å². The Kier molecular flexibility index (Phi) is 8.24. The quantitative estimate of drug-likeness (QED) is 0.667. The number of amides is 2. The number of carbonyl (C=O) groups is 2. The topological polar surface area (TPSA) is 52.7 Å². The van der Waals surface area contributed by atoms with Crippen molar-refractivity contribution in [2.75, 3.05) is 32.1 Å². The third kappa shape index (κ3) is 6.93. The molecule has 1 aliphatic carbocycles. The zero-order valence-electron chi connectivity index (χ0n) is 19.1. The Morgan fingerprint density at radius 2 is 1.71 bits per heavy atom. The van der Waals surface area contributed by atoms with Crippen LogP contribution in [0, 0.1) is 12.8 Å². The van der Waals surface area contributed by atoms with Crippen molar-refractivity contribution in [2.45, 2.75) is 45.6 Å². The fourth-order valence-electron chi connectivity index (χ4n) is 4.14. The maximum atomic E-state index is 13.3. The van der Waals surface area contributed by atoms with E-state index in [1.54, 1.807) is 0 Å². The monoisotopic (exact) mass is 421 g/mol. The molecule has 0 spiro atoms. The highest BCUT2D eigenvalue weighted by Crippen LogP contribution is 2.30. The second kappa shape index (κ2) is 11.1. The van der Waals surface area contributed by atoms with Crippen LogP contribution < -0.4 is 10.2 Å². The summed E-state index contributed by atoms with van der Waals surface area (Å²) < 4.78 is 0. The van der Waals surface area contributed by atoms with E-state index in [1.165, 1.54) is 5.56 Å². The molecule has 5 nitrogen and oxygen atoms in total. The van der Waals surface area contributed by atoms with Gasteiger partial charge in [-0.3, -0.25) is 9.59 Å². The third-order valence-electron chi connectivity index (χ3n) is 5.89. The Balaban J connectivity index is 1.71. The van der Waals surface area contributed by atoms with E-state index in [1.807, 2.05) is 54.2 Å². The Labute approximate surface area is 186 Å². The number of carbonyl (C=O) groups excluding carboxylic acids is 2. The van der Waals surface area contributed by atoms with Crippen LogP contribution in [0.3, 0.4) is 0 Å². The van der Waals surface area contributed by atoms with Crippen molar-refractivity contribution in [3.05, 3.63) is 65.2 Å². The van der Waals surface area contributed by atoms with Crippen molar-refractivity contribution in [1.82, 2.24) is 10.2 Å². The standard InChI is InChI=1S/C26H35N3O2/c1-20-7-6-8-22(17-20)19-29(26(31)23-9-4-5-10-23)24-13-11-21(12-14-24)18-25(30)27-15-16-28(2)3/h6-8,11-14,17,23H,4-5,9-10,15-16,18-19H2,1-3H3,(H,27,30). The van der Waals surface area contributed by atoms with Crippen molar-refractivity contribution >= 4 is 17.5 Å². The number of rotatable bonds is 9. The molecule has 0 aliphatic heterocycles. The van der Waals surface area contributed by atoms with Crippen molar-refractivity contribution < 1.29 is 9.59 Å². The molecule has 0 saturated heterocycles. The van der Waals surface area contributed by atoms with Crippen LogP contribution in [0.2, 0.25) is 0 Å². The first-order valence-electron chi connectivity index (χ1n) is 11.3. The van der Waals surface area contributed by atoms with Crippen molar-refractivity contribution in [1.29, 1.82) is 0 Å². The number of aryl methyl sites for hydroxylation is 1. The van der Waals surface area contributed by atoms with Crippen molar-refractivity contribution in [3.8, 4) is 0 Å². The minimum atomic E-state index is 0.0215. The lowest BCUT2D eigenvalue weighted by atomic mass is 10.0. The van der Waals surface area contributed by atoms with E-state index >= 15 is 0 Å². The summed E-state index contributed by atoms with van der Waals surface area (Å²) in [6.45, 7) is 4.11. The second-order valence-corrected chi connectivity index (χ2v) is 8.89. The first kappa shape index (κ1) is 23.0. The van der Waals surface area contributed by atoms with Gasteiger partial charge in [0, 0.05) is 24.7 Å². The molecule has 1 fully saturated rings. The Bertz CT molecular complexity index is 870. The van der Waals surface area contributed by atoms with Crippen LogP contribution in [-0.4, -0.2) is 43.9 Å². The molecule has 2 aromatic rings. The van der Waals surface area contributed by atoms with E-state index in [9.17, 15) is 9.59 Å². The molecule has 1 N–H and O–H groups in total. The van der Waals surface area contributed by atoms with Gasteiger partial charge in [0.1, 0.15) is 0 Å². The summed E-state index contributed by atoms with van der Waals surface area (Å²) in [7, 11) is 3.97. The van der Waals surface area contributed by atoms with E-state index < -0.39 is 0 Å². The summed E-state index contributed by atoms with van der Waals surface area (Å²) in [5, 5.41) is 2.95. The van der Waals surface area contributed by atoms with Crippen molar-refractivity contribution in [2.24, 2.45) is 5.92 Å². The van der Waals surface area contributed by atoms with Gasteiger partial charge in [-0.1, -0.05) is 54.8 Å². The summed E-state index contributed by atoms with van der Waals surface area (Å²) in [6.07, 6.45) is 4.58. The van der Waals surface area contributed by atoms with E-state index in [2.05, 4.69) is 30.4 Å². The number of benzene rings is 2. The average molecular weight is 422 g/mol. The lowest BCUT2D eigenvalue weighted by Gasteiger charge is -2.26. The van der Waals surface area contributed by atoms with Gasteiger partial charge in [-0.25, -0.2) is 0 Å². The maximum Gasteiger partial charge on any atom is 0.230 e. The molecular weight excluding hydrogens is 386 g/mol. The SMILES string of the molecule is Cc1cccc(CN(C(=O)C2CCCC2)c2ccc(CC(=O)NCCN(C)C)cc2)c1. The van der Waals surface area contributed by atoms with E-state index in [4.69, 9.17) is 0 Å². The molecule has 0 unspecified atom stereocenters. The minimum absolute atomic E-state index is 0.0215. The van der Waals surface area contributed by atoms with Crippen LogP contribution in [0.5, 0.6) is 0 Å². The molecule has 5 heteroatoms. The summed E-state index contributed by atoms with van der Waals surface area (Å²) in [5.74, 6) is 0.355. The molecular formula is C26H35N3O2. The predicted molar refractivity (Wildman–Crippen MR) is 126 cm³/mol. The van der Waals surface area contributed by atoms with E-state index in [0.717, 1.165) is 49.0 Å². The molecule has 3 rings (SSSR count). The van der Waals surface area contributed by atoms with Gasteiger partial charge >= 0.3 is 0 Å². The Morgan fingerprint density at radius 1 is 1.00 bits per heavy atom. The van der Waals surface area contributed by atoms with E-state index in [-0.39, 0.29) is 17.7 Å². The van der Waals surface area contributed by atoms with E-state index in [0.29, 0.717) is 19.5 Å². The van der Waals surface area contributed by atoms with Gasteiger partial charge in [0.2, 0.25) is 11.8 Å². The molecule has 0 radical (unpaired) electrons. The highest BCUT2D eigenvalue weighted by atomic mass is 16.2. The number of likely N-dealkylation sites (N-methyl/N-ethyl adjacent to an activating group) is 1. The average Bonchev–Trinajstić information content (AvgIpc) is 3.27. The summed E-state index contributed by atoms with van der Waals surface area (Å²) in [5.41, 5.74) is 4.18. The maximum absolute atomic E-state index is 13.3. The number of anilines is 1. The molecule has 0 heterocycles. The Morgan fingerprint density at radius 3 is 2.35 bits per heavy atom. The highest BCUT2D eigenvalue weighted by Gasteiger charge is 2.28. The van der Waals surface area contributed by atoms with Gasteiger partial charge in [-0.05, 0) is 57.1 Å². The first-order valence-corrected chi connectivity index (χ1v) is 11.3. The highest BCUT2D eigenvalue weighted by molar-refractivity contribution is 5.95. The molecule has 0 bridgehead atoms. The van der Waals surface area contributed by atoms with Crippen LogP contribution in [0.25, 0.3) is 0 Å². The molecule has 0 aromatic heterocycles. The zero-order valence-corrected chi connectivity index (χ0v) is 19.1. The summed E-state index contributed by atoms with van der Waals surface area (Å²) >= 11 is 0. The molecule has 1 aliphatic rings. The Hall–Kier alpha value is -2.66. The lowest BCUT2D eigenvalue weighted by molar-refractivity contribution is -0.122. The predicted octanol–water partition coefficient (Wildman–Crippen LogP) is 3.94. The van der Waals surface area contributed by atoms with Gasteiger partial charge in [0.15, 0.2) is 0 Å². The van der Waals surface area contributed by atoms with Crippen LogP contribution >= 0.6 is 0 Å². The third-order valence-corrected chi connectivity index (χ3v) is 5.89. The number of hydrogen-bond donors (Lipinski definition) is 1. The zero-order chi connectivity index (χ0) is 22.2. The first-order chi connectivity index (χ1) is 14.9. The molecule has 31 heavy (non-hydrogen) atoms. The van der Waals surface area contributed by atoms with Gasteiger partial charge in [-0.2, -0.15) is 0 Å².